The van der Waals surface area contributed by atoms with Gasteiger partial charge >= 0.3 is 0 Å². The monoisotopic (exact) mass is 299 g/mol. The molecule has 1 fully saturated rings. The Balaban J connectivity index is 1.95. The Hall–Kier alpha value is -2.07. The zero-order chi connectivity index (χ0) is 15.9. The van der Waals surface area contributed by atoms with Gasteiger partial charge in [-0.05, 0) is 19.9 Å². The van der Waals surface area contributed by atoms with E-state index in [1.807, 2.05) is 44.2 Å². The number of aliphatic hydroxyl groups is 1. The van der Waals surface area contributed by atoms with Crippen molar-refractivity contribution in [1.29, 1.82) is 0 Å². The van der Waals surface area contributed by atoms with Gasteiger partial charge in [0.1, 0.15) is 11.5 Å². The number of benzene rings is 1. The first kappa shape index (κ1) is 14.9. The molecule has 1 amide bonds. The molecule has 4 heteroatoms. The summed E-state index contributed by atoms with van der Waals surface area (Å²) < 4.78 is 5.75. The molecular weight excluding hydrogens is 278 g/mol. The highest BCUT2D eigenvalue weighted by Gasteiger charge is 2.41. The van der Waals surface area contributed by atoms with Crippen molar-refractivity contribution in [3.8, 4) is 11.3 Å². The Morgan fingerprint density at radius 2 is 2.05 bits per heavy atom. The molecule has 1 N–H and O–H groups in total. The van der Waals surface area contributed by atoms with E-state index in [1.54, 1.807) is 17.9 Å². The van der Waals surface area contributed by atoms with Gasteiger partial charge in [0.15, 0.2) is 0 Å². The van der Waals surface area contributed by atoms with Gasteiger partial charge in [0, 0.05) is 24.6 Å². The van der Waals surface area contributed by atoms with Gasteiger partial charge in [-0.15, -0.1) is 0 Å². The minimum Gasteiger partial charge on any atom is -0.461 e. The maximum Gasteiger partial charge on any atom is 0.257 e. The van der Waals surface area contributed by atoms with Crippen molar-refractivity contribution in [2.24, 2.45) is 5.92 Å². The van der Waals surface area contributed by atoms with Crippen LogP contribution in [0.25, 0.3) is 11.3 Å². The van der Waals surface area contributed by atoms with E-state index >= 15 is 0 Å². The van der Waals surface area contributed by atoms with Crippen molar-refractivity contribution in [2.75, 3.05) is 13.1 Å². The minimum atomic E-state index is -0.832. The van der Waals surface area contributed by atoms with Gasteiger partial charge in [-0.1, -0.05) is 37.3 Å². The first-order chi connectivity index (χ1) is 10.4. The smallest absolute Gasteiger partial charge is 0.257 e. The highest BCUT2D eigenvalue weighted by atomic mass is 16.3. The van der Waals surface area contributed by atoms with Gasteiger partial charge in [-0.25, -0.2) is 0 Å². The fraction of sp³-hybridized carbons (Fsp3) is 0.389. The summed E-state index contributed by atoms with van der Waals surface area (Å²) in [5.74, 6) is 1.29. The number of rotatable bonds is 2. The van der Waals surface area contributed by atoms with Crippen LogP contribution in [0.4, 0.5) is 0 Å². The number of β-amino-alcohol motifs (C(OH)–C–C–N with tert-alkyl or cyclic N) is 1. The van der Waals surface area contributed by atoms with Crippen molar-refractivity contribution >= 4 is 5.91 Å². The summed E-state index contributed by atoms with van der Waals surface area (Å²) in [4.78, 5) is 14.6. The van der Waals surface area contributed by atoms with Crippen molar-refractivity contribution in [3.63, 3.8) is 0 Å². The van der Waals surface area contributed by atoms with E-state index in [9.17, 15) is 9.90 Å². The normalized spacial score (nSPS) is 24.7. The van der Waals surface area contributed by atoms with Gasteiger partial charge in [0.25, 0.3) is 5.91 Å². The number of nitrogens with zero attached hydrogens (tertiary/aromatic N) is 1. The van der Waals surface area contributed by atoms with Crippen LogP contribution in [0, 0.1) is 12.8 Å². The second-order valence-corrected chi connectivity index (χ2v) is 6.41. The summed E-state index contributed by atoms with van der Waals surface area (Å²) in [7, 11) is 0. The molecule has 2 heterocycles. The Kier molecular flexibility index (Phi) is 3.57. The first-order valence-electron chi connectivity index (χ1n) is 7.56. The molecule has 2 atom stereocenters. The zero-order valence-electron chi connectivity index (χ0n) is 13.2. The molecule has 1 saturated heterocycles. The van der Waals surface area contributed by atoms with E-state index in [4.69, 9.17) is 4.42 Å². The summed E-state index contributed by atoms with van der Waals surface area (Å²) >= 11 is 0. The molecule has 0 saturated carbocycles. The molecule has 1 aromatic carbocycles. The lowest BCUT2D eigenvalue weighted by Gasteiger charge is -2.20. The maximum atomic E-state index is 12.8. The molecule has 0 bridgehead atoms. The van der Waals surface area contributed by atoms with E-state index in [2.05, 4.69) is 0 Å². The molecule has 1 aliphatic heterocycles. The molecule has 1 aromatic heterocycles. The summed E-state index contributed by atoms with van der Waals surface area (Å²) in [6, 6.07) is 11.4. The topological polar surface area (TPSA) is 53.7 Å². The van der Waals surface area contributed by atoms with Crippen LogP contribution < -0.4 is 0 Å². The number of carbonyl (C=O) groups excluding carboxylic acids is 1. The molecule has 2 unspecified atom stereocenters. The quantitative estimate of drug-likeness (QED) is 0.927. The SMILES string of the molecule is Cc1cc(C(=O)N2CC(C)C(C)(O)C2)c(-c2ccccc2)o1. The lowest BCUT2D eigenvalue weighted by atomic mass is 9.95. The largest absolute Gasteiger partial charge is 0.461 e. The molecule has 116 valence electrons. The van der Waals surface area contributed by atoms with Crippen LogP contribution in [0.15, 0.2) is 40.8 Å². The Bertz CT molecular complexity index is 688. The predicted octanol–water partition coefficient (Wildman–Crippen LogP) is 3.10. The van der Waals surface area contributed by atoms with Crippen molar-refractivity contribution in [2.45, 2.75) is 26.4 Å². The summed E-state index contributed by atoms with van der Waals surface area (Å²) in [5.41, 5.74) is 0.619. The predicted molar refractivity (Wildman–Crippen MR) is 84.6 cm³/mol. The highest BCUT2D eigenvalue weighted by Crippen LogP contribution is 2.32. The van der Waals surface area contributed by atoms with E-state index < -0.39 is 5.60 Å². The average Bonchev–Trinajstić information content (AvgIpc) is 3.00. The molecule has 2 aromatic rings. The van der Waals surface area contributed by atoms with Gasteiger partial charge in [-0.2, -0.15) is 0 Å². The lowest BCUT2D eigenvalue weighted by molar-refractivity contribution is 0.0351. The number of amides is 1. The van der Waals surface area contributed by atoms with Crippen LogP contribution in [0.2, 0.25) is 0 Å². The lowest BCUT2D eigenvalue weighted by Crippen LogP contribution is -2.35. The molecule has 22 heavy (non-hydrogen) atoms. The van der Waals surface area contributed by atoms with E-state index in [0.29, 0.717) is 30.2 Å². The summed E-state index contributed by atoms with van der Waals surface area (Å²) in [6.45, 7) is 6.50. The molecular formula is C18H21NO3. The fourth-order valence-corrected chi connectivity index (χ4v) is 2.94. The van der Waals surface area contributed by atoms with Crippen LogP contribution in [0.3, 0.4) is 0 Å². The zero-order valence-corrected chi connectivity index (χ0v) is 13.2. The van der Waals surface area contributed by atoms with Gasteiger partial charge < -0.3 is 14.4 Å². The van der Waals surface area contributed by atoms with E-state index in [-0.39, 0.29) is 11.8 Å². The van der Waals surface area contributed by atoms with Gasteiger partial charge in [0.05, 0.1) is 11.2 Å². The molecule has 3 rings (SSSR count). The number of likely N-dealkylation sites (tertiary alicyclic amines) is 1. The number of aryl methyl sites for hydroxylation is 1. The summed E-state index contributed by atoms with van der Waals surface area (Å²) in [5, 5.41) is 10.3. The first-order valence-corrected chi connectivity index (χ1v) is 7.56. The fourth-order valence-electron chi connectivity index (χ4n) is 2.94. The average molecular weight is 299 g/mol. The van der Waals surface area contributed by atoms with Crippen LogP contribution >= 0.6 is 0 Å². The Labute approximate surface area is 130 Å². The molecule has 0 spiro atoms. The Morgan fingerprint density at radius 3 is 2.64 bits per heavy atom. The molecule has 0 radical (unpaired) electrons. The Morgan fingerprint density at radius 1 is 1.36 bits per heavy atom. The number of hydrogen-bond donors (Lipinski definition) is 1. The van der Waals surface area contributed by atoms with Gasteiger partial charge in [-0.3, -0.25) is 4.79 Å². The highest BCUT2D eigenvalue weighted by molar-refractivity contribution is 6.00. The summed E-state index contributed by atoms with van der Waals surface area (Å²) in [6.07, 6.45) is 0. The second-order valence-electron chi connectivity index (χ2n) is 6.41. The van der Waals surface area contributed by atoms with Crippen LogP contribution in [-0.4, -0.2) is 34.6 Å². The van der Waals surface area contributed by atoms with Crippen LogP contribution in [0.1, 0.15) is 30.0 Å². The number of carbonyl (C=O) groups is 1. The van der Waals surface area contributed by atoms with Crippen molar-refractivity contribution in [1.82, 2.24) is 4.90 Å². The number of furan rings is 1. The standard InChI is InChI=1S/C18H21NO3/c1-12-10-19(11-18(12,3)21)17(20)15-9-13(2)22-16(15)14-7-5-4-6-8-14/h4-9,12,21H,10-11H2,1-3H3. The van der Waals surface area contributed by atoms with E-state index in [0.717, 1.165) is 5.56 Å². The number of hydrogen-bond acceptors (Lipinski definition) is 3. The second kappa shape index (κ2) is 5.29. The van der Waals surface area contributed by atoms with Crippen molar-refractivity contribution < 1.29 is 14.3 Å². The van der Waals surface area contributed by atoms with Crippen LogP contribution in [0.5, 0.6) is 0 Å². The van der Waals surface area contributed by atoms with Gasteiger partial charge in [0.2, 0.25) is 0 Å². The third kappa shape index (κ3) is 2.55. The van der Waals surface area contributed by atoms with Crippen LogP contribution in [-0.2, 0) is 0 Å². The molecule has 0 aliphatic carbocycles. The molecule has 4 nitrogen and oxygen atoms in total. The molecule has 1 aliphatic rings. The maximum absolute atomic E-state index is 12.8. The third-order valence-corrected chi connectivity index (χ3v) is 4.48. The van der Waals surface area contributed by atoms with Crippen molar-refractivity contribution in [3.05, 3.63) is 47.7 Å². The minimum absolute atomic E-state index is 0.0598. The van der Waals surface area contributed by atoms with E-state index in [1.165, 1.54) is 0 Å². The third-order valence-electron chi connectivity index (χ3n) is 4.48.